The first kappa shape index (κ1) is 12.5. The molecule has 1 aromatic carbocycles. The number of nitriles is 2. The molecule has 0 unspecified atom stereocenters. The number of benzene rings is 1. The molecule has 0 N–H and O–H groups in total. The summed E-state index contributed by atoms with van der Waals surface area (Å²) in [5.41, 5.74) is 1.51. The molecule has 1 saturated carbocycles. The smallest absolute Gasteiger partial charge is 0.207 e. The molecule has 0 spiro atoms. The fourth-order valence-electron chi connectivity index (χ4n) is 2.46. The second-order valence-corrected chi connectivity index (χ2v) is 4.77. The summed E-state index contributed by atoms with van der Waals surface area (Å²) in [6, 6.07) is 8.86. The topological polar surface area (TPSA) is 47.6 Å². The van der Waals surface area contributed by atoms with E-state index in [0.29, 0.717) is 24.0 Å². The standard InChI is InChI=1S/C14H12F2N2/c15-14(16)4-3-11(7-14)5-10-1-2-12(8-17)13(6-10)9-18/h1-2,6,11H,3-5,7H2/t11-/m1/s1. The summed E-state index contributed by atoms with van der Waals surface area (Å²) in [6.07, 6.45) is 0.957. The van der Waals surface area contributed by atoms with Gasteiger partial charge in [-0.3, -0.25) is 0 Å². The molecule has 92 valence electrons. The van der Waals surface area contributed by atoms with Crippen molar-refractivity contribution in [3.8, 4) is 12.1 Å². The van der Waals surface area contributed by atoms with E-state index in [1.807, 2.05) is 12.1 Å². The number of rotatable bonds is 2. The van der Waals surface area contributed by atoms with Crippen molar-refractivity contribution in [1.82, 2.24) is 0 Å². The molecule has 18 heavy (non-hydrogen) atoms. The van der Waals surface area contributed by atoms with Crippen molar-refractivity contribution in [2.45, 2.75) is 31.6 Å². The number of nitrogens with zero attached hydrogens (tertiary/aromatic N) is 2. The summed E-state index contributed by atoms with van der Waals surface area (Å²) in [5.74, 6) is -2.56. The molecule has 0 amide bonds. The minimum Gasteiger partial charge on any atom is -0.207 e. The highest BCUT2D eigenvalue weighted by molar-refractivity contribution is 5.47. The Balaban J connectivity index is 2.12. The Kier molecular flexibility index (Phi) is 3.30. The van der Waals surface area contributed by atoms with E-state index < -0.39 is 5.92 Å². The first-order chi connectivity index (χ1) is 8.54. The quantitative estimate of drug-likeness (QED) is 0.802. The van der Waals surface area contributed by atoms with Gasteiger partial charge in [-0.15, -0.1) is 0 Å². The molecule has 0 aliphatic heterocycles. The van der Waals surface area contributed by atoms with E-state index in [9.17, 15) is 8.78 Å². The summed E-state index contributed by atoms with van der Waals surface area (Å²) in [5, 5.41) is 17.7. The Morgan fingerprint density at radius 3 is 2.50 bits per heavy atom. The Bertz CT molecular complexity index is 538. The van der Waals surface area contributed by atoms with Crippen LogP contribution in [0.1, 0.15) is 36.0 Å². The lowest BCUT2D eigenvalue weighted by atomic mass is 9.95. The average molecular weight is 246 g/mol. The maximum absolute atomic E-state index is 13.1. The molecule has 2 nitrogen and oxygen atoms in total. The van der Waals surface area contributed by atoms with Gasteiger partial charge in [-0.1, -0.05) is 6.07 Å². The molecule has 0 aromatic heterocycles. The molecular formula is C14H12F2N2. The van der Waals surface area contributed by atoms with Gasteiger partial charge < -0.3 is 0 Å². The van der Waals surface area contributed by atoms with E-state index >= 15 is 0 Å². The van der Waals surface area contributed by atoms with Crippen LogP contribution in [0.4, 0.5) is 8.78 Å². The molecular weight excluding hydrogens is 234 g/mol. The van der Waals surface area contributed by atoms with E-state index in [2.05, 4.69) is 0 Å². The number of hydrogen-bond donors (Lipinski definition) is 0. The van der Waals surface area contributed by atoms with E-state index in [0.717, 1.165) is 5.56 Å². The van der Waals surface area contributed by atoms with Crippen LogP contribution in [-0.2, 0) is 6.42 Å². The normalized spacial score (nSPS) is 21.2. The van der Waals surface area contributed by atoms with E-state index in [-0.39, 0.29) is 18.8 Å². The van der Waals surface area contributed by atoms with Crippen LogP contribution in [0.25, 0.3) is 0 Å². The molecule has 0 radical (unpaired) electrons. The van der Waals surface area contributed by atoms with Gasteiger partial charge >= 0.3 is 0 Å². The highest BCUT2D eigenvalue weighted by Crippen LogP contribution is 2.40. The largest absolute Gasteiger partial charge is 0.248 e. The first-order valence-corrected chi connectivity index (χ1v) is 5.85. The van der Waals surface area contributed by atoms with Gasteiger partial charge in [0.15, 0.2) is 0 Å². The SMILES string of the molecule is N#Cc1ccc(C[C@H]2CCC(F)(F)C2)cc1C#N. The monoisotopic (exact) mass is 246 g/mol. The van der Waals surface area contributed by atoms with Gasteiger partial charge in [-0.2, -0.15) is 10.5 Å². The van der Waals surface area contributed by atoms with Crippen molar-refractivity contribution in [3.63, 3.8) is 0 Å². The van der Waals surface area contributed by atoms with Crippen molar-refractivity contribution in [3.05, 3.63) is 34.9 Å². The van der Waals surface area contributed by atoms with Crippen molar-refractivity contribution in [2.75, 3.05) is 0 Å². The second kappa shape index (κ2) is 4.74. The van der Waals surface area contributed by atoms with Gasteiger partial charge in [0.2, 0.25) is 5.92 Å². The number of alkyl halides is 2. The van der Waals surface area contributed by atoms with Crippen LogP contribution in [0.2, 0.25) is 0 Å². The third kappa shape index (κ3) is 2.65. The molecule has 1 aliphatic rings. The summed E-state index contributed by atoms with van der Waals surface area (Å²) in [7, 11) is 0. The molecule has 1 atom stereocenters. The van der Waals surface area contributed by atoms with Crippen LogP contribution in [0.5, 0.6) is 0 Å². The Hall–Kier alpha value is -1.94. The molecule has 1 aliphatic carbocycles. The second-order valence-electron chi connectivity index (χ2n) is 4.77. The van der Waals surface area contributed by atoms with Crippen LogP contribution in [0.3, 0.4) is 0 Å². The maximum atomic E-state index is 13.1. The maximum Gasteiger partial charge on any atom is 0.248 e. The fourth-order valence-corrected chi connectivity index (χ4v) is 2.46. The predicted molar refractivity (Wildman–Crippen MR) is 61.9 cm³/mol. The minimum atomic E-state index is -2.53. The third-order valence-corrected chi connectivity index (χ3v) is 3.35. The molecule has 4 heteroatoms. The Labute approximate surface area is 104 Å². The lowest BCUT2D eigenvalue weighted by Gasteiger charge is -2.11. The third-order valence-electron chi connectivity index (χ3n) is 3.35. The summed E-state index contributed by atoms with van der Waals surface area (Å²) < 4.78 is 26.1. The number of halogens is 2. The predicted octanol–water partition coefficient (Wildman–Crippen LogP) is 3.41. The average Bonchev–Trinajstić information content (AvgIpc) is 2.68. The molecule has 0 saturated heterocycles. The van der Waals surface area contributed by atoms with Crippen LogP contribution in [-0.4, -0.2) is 5.92 Å². The van der Waals surface area contributed by atoms with Gasteiger partial charge in [0.05, 0.1) is 11.1 Å². The lowest BCUT2D eigenvalue weighted by Crippen LogP contribution is -2.10. The van der Waals surface area contributed by atoms with Crippen molar-refractivity contribution in [2.24, 2.45) is 5.92 Å². The Morgan fingerprint density at radius 2 is 1.94 bits per heavy atom. The Morgan fingerprint density at radius 1 is 1.22 bits per heavy atom. The zero-order valence-corrected chi connectivity index (χ0v) is 9.79. The lowest BCUT2D eigenvalue weighted by molar-refractivity contribution is 0.00508. The molecule has 0 bridgehead atoms. The highest BCUT2D eigenvalue weighted by Gasteiger charge is 2.39. The fraction of sp³-hybridized carbons (Fsp3) is 0.429. The van der Waals surface area contributed by atoms with Gasteiger partial charge in [-0.25, -0.2) is 8.78 Å². The van der Waals surface area contributed by atoms with Crippen LogP contribution in [0.15, 0.2) is 18.2 Å². The van der Waals surface area contributed by atoms with Gasteiger partial charge in [0, 0.05) is 12.8 Å². The van der Waals surface area contributed by atoms with Crippen LogP contribution < -0.4 is 0 Å². The molecule has 1 fully saturated rings. The highest BCUT2D eigenvalue weighted by atomic mass is 19.3. The van der Waals surface area contributed by atoms with Gasteiger partial charge in [-0.05, 0) is 36.5 Å². The van der Waals surface area contributed by atoms with Gasteiger partial charge in [0.1, 0.15) is 12.1 Å². The summed E-state index contributed by atoms with van der Waals surface area (Å²) in [4.78, 5) is 0. The van der Waals surface area contributed by atoms with E-state index in [1.165, 1.54) is 0 Å². The van der Waals surface area contributed by atoms with Crippen molar-refractivity contribution < 1.29 is 8.78 Å². The van der Waals surface area contributed by atoms with E-state index in [4.69, 9.17) is 10.5 Å². The van der Waals surface area contributed by atoms with Crippen molar-refractivity contribution in [1.29, 1.82) is 10.5 Å². The molecule has 0 heterocycles. The van der Waals surface area contributed by atoms with Crippen LogP contribution >= 0.6 is 0 Å². The number of hydrogen-bond acceptors (Lipinski definition) is 2. The van der Waals surface area contributed by atoms with Crippen molar-refractivity contribution >= 4 is 0 Å². The zero-order valence-electron chi connectivity index (χ0n) is 9.79. The summed E-state index contributed by atoms with van der Waals surface area (Å²) in [6.45, 7) is 0. The minimum absolute atomic E-state index is 0.0283. The van der Waals surface area contributed by atoms with Crippen LogP contribution in [0, 0.1) is 28.6 Å². The summed E-state index contributed by atoms with van der Waals surface area (Å²) >= 11 is 0. The van der Waals surface area contributed by atoms with E-state index in [1.54, 1.807) is 18.2 Å². The first-order valence-electron chi connectivity index (χ1n) is 5.85. The molecule has 1 aromatic rings. The zero-order chi connectivity index (χ0) is 13.2. The van der Waals surface area contributed by atoms with Gasteiger partial charge in [0.25, 0.3) is 0 Å². The molecule has 2 rings (SSSR count).